The van der Waals surface area contributed by atoms with Crippen molar-refractivity contribution >= 4 is 60.2 Å². The van der Waals surface area contributed by atoms with E-state index >= 15 is 0 Å². The molecular weight excluding hydrogens is 358 g/mol. The van der Waals surface area contributed by atoms with Crippen LogP contribution in [0.3, 0.4) is 0 Å². The van der Waals surface area contributed by atoms with E-state index in [0.29, 0.717) is 9.51 Å². The summed E-state index contributed by atoms with van der Waals surface area (Å²) in [7, 11) is 0. The van der Waals surface area contributed by atoms with Crippen molar-refractivity contribution in [1.29, 1.82) is 0 Å². The molecule has 0 saturated carbocycles. The molecule has 1 N–H and O–H groups in total. The van der Waals surface area contributed by atoms with E-state index in [1.54, 1.807) is 23.5 Å². The molecular formula is C15H9BrClNOS. The van der Waals surface area contributed by atoms with Gasteiger partial charge in [0.25, 0.3) is 0 Å². The number of nitrogens with zero attached hydrogens (tertiary/aromatic N) is 1. The maximum Gasteiger partial charge on any atom is 0.136 e. The molecule has 0 fully saturated rings. The lowest BCUT2D eigenvalue weighted by Crippen LogP contribution is -1.77. The van der Waals surface area contributed by atoms with Gasteiger partial charge in [-0.1, -0.05) is 29.8 Å². The second-order valence-electron chi connectivity index (χ2n) is 4.19. The minimum atomic E-state index is 0.207. The van der Waals surface area contributed by atoms with Crippen LogP contribution in [0.2, 0.25) is 0 Å². The summed E-state index contributed by atoms with van der Waals surface area (Å²) in [6.07, 6.45) is 1.84. The second-order valence-corrected chi connectivity index (χ2v) is 6.48. The molecule has 3 aromatic rings. The first-order valence-electron chi connectivity index (χ1n) is 5.85. The first-order valence-corrected chi connectivity index (χ1v) is 7.84. The van der Waals surface area contributed by atoms with Crippen molar-refractivity contribution in [3.05, 3.63) is 57.5 Å². The number of aromatic nitrogens is 1. The molecule has 0 saturated heterocycles. The predicted molar refractivity (Wildman–Crippen MR) is 89.2 cm³/mol. The maximum atomic E-state index is 9.48. The van der Waals surface area contributed by atoms with Crippen LogP contribution in [-0.4, -0.2) is 10.1 Å². The van der Waals surface area contributed by atoms with Crippen molar-refractivity contribution in [2.45, 2.75) is 0 Å². The molecule has 5 heteroatoms. The number of fused-ring (bicyclic) bond motifs is 1. The van der Waals surface area contributed by atoms with Crippen LogP contribution in [-0.2, 0) is 0 Å². The molecule has 0 unspecified atom stereocenters. The largest absolute Gasteiger partial charge is 0.507 e. The monoisotopic (exact) mass is 365 g/mol. The van der Waals surface area contributed by atoms with Crippen molar-refractivity contribution in [2.75, 3.05) is 0 Å². The predicted octanol–water partition coefficient (Wildman–Crippen LogP) is 5.50. The molecule has 2 nitrogen and oxygen atoms in total. The normalized spacial score (nSPS) is 12.0. The van der Waals surface area contributed by atoms with Gasteiger partial charge in [-0.2, -0.15) is 0 Å². The minimum absolute atomic E-state index is 0.207. The Kier molecular flexibility index (Phi) is 3.78. The lowest BCUT2D eigenvalue weighted by molar-refractivity contribution is 0.472. The smallest absolute Gasteiger partial charge is 0.136 e. The van der Waals surface area contributed by atoms with Crippen LogP contribution < -0.4 is 0 Å². The standard InChI is InChI=1S/C15H9BrClNOS/c16-10-7-9(5-6-13(10)19)8-11(17)15-18-12-3-1-2-4-14(12)20-15/h1-8,19H/b11-8-. The molecule has 1 aromatic heterocycles. The van der Waals surface area contributed by atoms with Crippen molar-refractivity contribution < 1.29 is 5.11 Å². The van der Waals surface area contributed by atoms with Gasteiger partial charge in [0, 0.05) is 0 Å². The summed E-state index contributed by atoms with van der Waals surface area (Å²) in [5.74, 6) is 0.207. The fourth-order valence-corrected chi connectivity index (χ4v) is 3.35. The summed E-state index contributed by atoms with van der Waals surface area (Å²) in [6.45, 7) is 0. The van der Waals surface area contributed by atoms with E-state index in [2.05, 4.69) is 20.9 Å². The van der Waals surface area contributed by atoms with E-state index in [-0.39, 0.29) is 5.75 Å². The Morgan fingerprint density at radius 2 is 2.05 bits per heavy atom. The van der Waals surface area contributed by atoms with Crippen LogP contribution in [0.15, 0.2) is 46.9 Å². The van der Waals surface area contributed by atoms with E-state index in [4.69, 9.17) is 11.6 Å². The number of hydrogen-bond donors (Lipinski definition) is 1. The highest BCUT2D eigenvalue weighted by atomic mass is 79.9. The summed E-state index contributed by atoms with van der Waals surface area (Å²) in [5, 5.41) is 10.9. The molecule has 20 heavy (non-hydrogen) atoms. The topological polar surface area (TPSA) is 33.1 Å². The Balaban J connectivity index is 2.00. The number of benzene rings is 2. The third kappa shape index (κ3) is 2.73. The van der Waals surface area contributed by atoms with Gasteiger partial charge in [-0.25, -0.2) is 4.98 Å². The van der Waals surface area contributed by atoms with Gasteiger partial charge in [0.2, 0.25) is 0 Å². The van der Waals surface area contributed by atoms with Gasteiger partial charge in [-0.15, -0.1) is 11.3 Å². The fourth-order valence-electron chi connectivity index (χ4n) is 1.80. The zero-order valence-corrected chi connectivity index (χ0v) is 13.3. The highest BCUT2D eigenvalue weighted by molar-refractivity contribution is 9.10. The van der Waals surface area contributed by atoms with Crippen molar-refractivity contribution in [1.82, 2.24) is 4.98 Å². The van der Waals surface area contributed by atoms with Crippen molar-refractivity contribution in [2.24, 2.45) is 0 Å². The molecule has 0 bridgehead atoms. The molecule has 1 heterocycles. The van der Waals surface area contributed by atoms with Gasteiger partial charge >= 0.3 is 0 Å². The van der Waals surface area contributed by atoms with E-state index in [9.17, 15) is 5.11 Å². The summed E-state index contributed by atoms with van der Waals surface area (Å²) < 4.78 is 1.75. The average molecular weight is 367 g/mol. The zero-order valence-electron chi connectivity index (χ0n) is 10.2. The Hall–Kier alpha value is -1.36. The first-order chi connectivity index (χ1) is 9.63. The molecule has 0 radical (unpaired) electrons. The highest BCUT2D eigenvalue weighted by Crippen LogP contribution is 2.32. The maximum absolute atomic E-state index is 9.48. The molecule has 3 rings (SSSR count). The third-order valence-electron chi connectivity index (χ3n) is 2.76. The fraction of sp³-hybridized carbons (Fsp3) is 0. The van der Waals surface area contributed by atoms with Crippen LogP contribution in [0.1, 0.15) is 10.6 Å². The molecule has 0 aliphatic rings. The zero-order chi connectivity index (χ0) is 14.1. The van der Waals surface area contributed by atoms with Gasteiger partial charge in [0.05, 0.1) is 19.7 Å². The van der Waals surface area contributed by atoms with E-state index in [1.807, 2.05) is 36.4 Å². The SMILES string of the molecule is Oc1ccc(/C=C(\Cl)c2nc3ccccc3s2)cc1Br. The number of phenols is 1. The first kappa shape index (κ1) is 13.6. The van der Waals surface area contributed by atoms with Gasteiger partial charge in [-0.05, 0) is 51.8 Å². The molecule has 0 amide bonds. The number of para-hydroxylation sites is 1. The Labute approximate surface area is 133 Å². The lowest BCUT2D eigenvalue weighted by atomic mass is 10.2. The highest BCUT2D eigenvalue weighted by Gasteiger charge is 2.07. The quantitative estimate of drug-likeness (QED) is 0.649. The van der Waals surface area contributed by atoms with Crippen LogP contribution in [0.5, 0.6) is 5.75 Å². The van der Waals surface area contributed by atoms with Crippen LogP contribution in [0, 0.1) is 0 Å². The minimum Gasteiger partial charge on any atom is -0.507 e. The van der Waals surface area contributed by atoms with Gasteiger partial charge in [0.15, 0.2) is 0 Å². The van der Waals surface area contributed by atoms with E-state index in [0.717, 1.165) is 20.8 Å². The molecule has 100 valence electrons. The molecule has 0 spiro atoms. The summed E-state index contributed by atoms with van der Waals surface area (Å²) in [5.41, 5.74) is 1.85. The molecule has 2 aromatic carbocycles. The molecule has 0 atom stereocenters. The van der Waals surface area contributed by atoms with Gasteiger partial charge in [-0.3, -0.25) is 0 Å². The van der Waals surface area contributed by atoms with Gasteiger partial charge < -0.3 is 5.11 Å². The number of hydrogen-bond acceptors (Lipinski definition) is 3. The third-order valence-corrected chi connectivity index (χ3v) is 4.87. The van der Waals surface area contributed by atoms with Crippen LogP contribution in [0.4, 0.5) is 0 Å². The Morgan fingerprint density at radius 3 is 2.80 bits per heavy atom. The van der Waals surface area contributed by atoms with E-state index < -0.39 is 0 Å². The Morgan fingerprint density at radius 1 is 1.25 bits per heavy atom. The van der Waals surface area contributed by atoms with E-state index in [1.165, 1.54) is 0 Å². The Bertz CT molecular complexity index is 779. The summed E-state index contributed by atoms with van der Waals surface area (Å²) >= 11 is 11.2. The van der Waals surface area contributed by atoms with Gasteiger partial charge in [0.1, 0.15) is 10.8 Å². The number of thiazole rings is 1. The van der Waals surface area contributed by atoms with Crippen molar-refractivity contribution in [3.8, 4) is 5.75 Å². The summed E-state index contributed by atoms with van der Waals surface area (Å²) in [6, 6.07) is 13.2. The number of aromatic hydroxyl groups is 1. The molecule has 0 aliphatic carbocycles. The van der Waals surface area contributed by atoms with Crippen LogP contribution >= 0.6 is 38.9 Å². The lowest BCUT2D eigenvalue weighted by Gasteiger charge is -1.99. The van der Waals surface area contributed by atoms with Crippen molar-refractivity contribution in [3.63, 3.8) is 0 Å². The molecule has 0 aliphatic heterocycles. The van der Waals surface area contributed by atoms with Crippen LogP contribution in [0.25, 0.3) is 21.3 Å². The number of rotatable bonds is 2. The number of halogens is 2. The number of phenolic OH excluding ortho intramolecular Hbond substituents is 1. The summed E-state index contributed by atoms with van der Waals surface area (Å²) in [4.78, 5) is 4.51. The average Bonchev–Trinajstić information content (AvgIpc) is 2.87. The second kappa shape index (κ2) is 5.56.